The first kappa shape index (κ1) is 29.1. The van der Waals surface area contributed by atoms with Gasteiger partial charge in [0, 0.05) is 11.6 Å². The Labute approximate surface area is 256 Å². The number of alkyl halides is 4. The Balaban J connectivity index is 1.63. The van der Waals surface area contributed by atoms with Gasteiger partial charge in [0.25, 0.3) is 23.4 Å². The zero-order valence-electron chi connectivity index (χ0n) is 20.0. The summed E-state index contributed by atoms with van der Waals surface area (Å²) < 4.78 is -2.21. The number of halogens is 6. The zero-order valence-corrected chi connectivity index (χ0v) is 24.6. The number of hydrazine groups is 1. The Morgan fingerprint density at radius 1 is 0.925 bits per heavy atom. The molecule has 40 heavy (non-hydrogen) atoms. The second-order valence-corrected chi connectivity index (χ2v) is 12.8. The van der Waals surface area contributed by atoms with Crippen molar-refractivity contribution >= 4 is 98.8 Å². The van der Waals surface area contributed by atoms with Crippen molar-refractivity contribution < 1.29 is 24.1 Å². The van der Waals surface area contributed by atoms with Gasteiger partial charge in [0.1, 0.15) is 21.9 Å². The van der Waals surface area contributed by atoms with Crippen LogP contribution in [0.1, 0.15) is 26.3 Å². The average molecular weight is 666 g/mol. The first-order chi connectivity index (χ1) is 18.6. The third kappa shape index (κ3) is 3.61. The van der Waals surface area contributed by atoms with Gasteiger partial charge in [-0.1, -0.05) is 88.4 Å². The summed E-state index contributed by atoms with van der Waals surface area (Å²) in [4.78, 5) is 61.5. The highest BCUT2D eigenvalue weighted by Gasteiger charge is 2.88. The monoisotopic (exact) mass is 663 g/mol. The molecule has 0 spiro atoms. The van der Waals surface area contributed by atoms with Crippen molar-refractivity contribution in [2.45, 2.75) is 21.0 Å². The molecule has 2 fully saturated rings. The summed E-state index contributed by atoms with van der Waals surface area (Å²) in [5, 5.41) is 11.9. The lowest BCUT2D eigenvalue weighted by Gasteiger charge is -2.36. The molecule has 5 rings (SSSR count). The third-order valence-electron chi connectivity index (χ3n) is 7.36. The molecule has 0 N–H and O–H groups in total. The van der Waals surface area contributed by atoms with Gasteiger partial charge in [0.05, 0.1) is 26.8 Å². The van der Waals surface area contributed by atoms with Crippen LogP contribution in [0, 0.1) is 28.9 Å². The predicted molar refractivity (Wildman–Crippen MR) is 149 cm³/mol. The van der Waals surface area contributed by atoms with Crippen molar-refractivity contribution in [3.05, 3.63) is 85.4 Å². The summed E-state index contributed by atoms with van der Waals surface area (Å²) in [5.74, 6) is -7.21. The first-order valence-corrected chi connectivity index (χ1v) is 13.7. The number of nitrogens with zero attached hydrogens (tertiary/aromatic N) is 3. The van der Waals surface area contributed by atoms with Crippen LogP contribution in [0.3, 0.4) is 0 Å². The summed E-state index contributed by atoms with van der Waals surface area (Å²) in [6, 6.07) is 11.2. The van der Waals surface area contributed by atoms with E-state index in [1.807, 2.05) is 0 Å². The SMILES string of the molecule is Cc1ccc(C(=O)CN(C(=O)c2ccccc2[N+](=O)[O-])N2C(=O)[C@@H]3[C@H](C2=O)[C@@]2(Cl)C(Cl)=C(Cl)[C@@]3(Cl)C2(Cl)Cl)cc1. The summed E-state index contributed by atoms with van der Waals surface area (Å²) in [5.41, 5.74) is -0.0923. The van der Waals surface area contributed by atoms with Gasteiger partial charge in [-0.15, -0.1) is 23.2 Å². The topological polar surface area (TPSA) is 118 Å². The van der Waals surface area contributed by atoms with Crippen LogP contribution in [0.5, 0.6) is 0 Å². The van der Waals surface area contributed by atoms with E-state index in [1.165, 1.54) is 24.3 Å². The molecule has 0 aromatic heterocycles. The minimum absolute atomic E-state index is 0.154. The number of para-hydroxylation sites is 1. The summed E-state index contributed by atoms with van der Waals surface area (Å²) in [6.07, 6.45) is 0. The minimum Gasteiger partial charge on any atom is -0.292 e. The van der Waals surface area contributed by atoms with Crippen LogP contribution in [0.15, 0.2) is 58.6 Å². The number of imide groups is 1. The number of hydrogen-bond acceptors (Lipinski definition) is 6. The molecule has 4 atom stereocenters. The Morgan fingerprint density at radius 2 is 1.43 bits per heavy atom. The first-order valence-electron chi connectivity index (χ1n) is 11.5. The molecule has 1 saturated heterocycles. The molecule has 0 radical (unpaired) electrons. The van der Waals surface area contributed by atoms with Crippen molar-refractivity contribution in [2.24, 2.45) is 11.8 Å². The van der Waals surface area contributed by atoms with E-state index in [4.69, 9.17) is 69.6 Å². The van der Waals surface area contributed by atoms with E-state index in [1.54, 1.807) is 19.1 Å². The molecule has 0 unspecified atom stereocenters. The molecular formula is C25H15Cl6N3O6. The zero-order chi connectivity index (χ0) is 29.5. The number of amides is 3. The predicted octanol–water partition coefficient (Wildman–Crippen LogP) is 5.59. The van der Waals surface area contributed by atoms with E-state index in [0.29, 0.717) is 10.0 Å². The van der Waals surface area contributed by atoms with Crippen molar-refractivity contribution in [1.29, 1.82) is 0 Å². The van der Waals surface area contributed by atoms with Crippen molar-refractivity contribution in [2.75, 3.05) is 6.54 Å². The Morgan fingerprint density at radius 3 is 1.93 bits per heavy atom. The number of nitro benzene ring substituents is 1. The molecule has 2 aromatic rings. The number of ketones is 1. The minimum atomic E-state index is -2.21. The number of benzene rings is 2. The lowest BCUT2D eigenvalue weighted by atomic mass is 9.84. The highest BCUT2D eigenvalue weighted by Crippen LogP contribution is 2.77. The molecule has 1 heterocycles. The number of nitro groups is 1. The fourth-order valence-electron chi connectivity index (χ4n) is 5.37. The molecule has 15 heteroatoms. The molecule has 2 bridgehead atoms. The van der Waals surface area contributed by atoms with E-state index in [2.05, 4.69) is 0 Å². The second kappa shape index (κ2) is 9.58. The van der Waals surface area contributed by atoms with Gasteiger partial charge >= 0.3 is 0 Å². The van der Waals surface area contributed by atoms with Crippen LogP contribution in [0.4, 0.5) is 5.69 Å². The molecule has 3 amide bonds. The summed E-state index contributed by atoms with van der Waals surface area (Å²) in [6.45, 7) is 0.951. The molecule has 3 aliphatic rings. The highest BCUT2D eigenvalue weighted by molar-refractivity contribution is 6.66. The number of carbonyl (C=O) groups excluding carboxylic acids is 4. The fourth-order valence-corrected chi connectivity index (χ4v) is 8.30. The molecule has 2 aromatic carbocycles. The van der Waals surface area contributed by atoms with Crippen molar-refractivity contribution in [1.82, 2.24) is 10.0 Å². The van der Waals surface area contributed by atoms with Crippen molar-refractivity contribution in [3.63, 3.8) is 0 Å². The lowest BCUT2D eigenvalue weighted by Crippen LogP contribution is -2.56. The molecule has 9 nitrogen and oxygen atoms in total. The van der Waals surface area contributed by atoms with Gasteiger partial charge in [-0.2, -0.15) is 5.01 Å². The van der Waals surface area contributed by atoms with Gasteiger partial charge in [0.2, 0.25) is 0 Å². The van der Waals surface area contributed by atoms with E-state index in [0.717, 1.165) is 17.7 Å². The van der Waals surface area contributed by atoms with Crippen LogP contribution in [0.2, 0.25) is 0 Å². The number of allylic oxidation sites excluding steroid dienone is 2. The van der Waals surface area contributed by atoms with Gasteiger partial charge in [-0.3, -0.25) is 29.3 Å². The van der Waals surface area contributed by atoms with Crippen LogP contribution < -0.4 is 0 Å². The Kier molecular flexibility index (Phi) is 6.97. The van der Waals surface area contributed by atoms with Gasteiger partial charge in [-0.05, 0) is 13.0 Å². The van der Waals surface area contributed by atoms with Crippen LogP contribution in [-0.2, 0) is 9.59 Å². The molecule has 1 saturated carbocycles. The van der Waals surface area contributed by atoms with Gasteiger partial charge in [0.15, 0.2) is 10.1 Å². The Hall–Kier alpha value is -2.40. The molecule has 208 valence electrons. The molecule has 1 aliphatic heterocycles. The van der Waals surface area contributed by atoms with Crippen LogP contribution in [-0.4, -0.2) is 59.1 Å². The molecular weight excluding hydrogens is 651 g/mol. The number of aryl methyl sites for hydroxylation is 1. The largest absolute Gasteiger partial charge is 0.292 e. The lowest BCUT2D eigenvalue weighted by molar-refractivity contribution is -0.385. The number of carbonyl (C=O) groups is 4. The average Bonchev–Trinajstić information content (AvgIpc) is 3.30. The Bertz CT molecular complexity index is 1520. The number of Topliss-reactive ketones (excluding diaryl/α,β-unsaturated/α-hetero) is 1. The highest BCUT2D eigenvalue weighted by atomic mass is 35.5. The van der Waals surface area contributed by atoms with Crippen LogP contribution >= 0.6 is 69.6 Å². The van der Waals surface area contributed by atoms with E-state index < -0.39 is 72.1 Å². The maximum absolute atomic E-state index is 13.9. The maximum atomic E-state index is 13.9. The molecule has 2 aliphatic carbocycles. The van der Waals surface area contributed by atoms with E-state index >= 15 is 0 Å². The maximum Gasteiger partial charge on any atom is 0.282 e. The second-order valence-electron chi connectivity index (χ2n) is 9.50. The quantitative estimate of drug-likeness (QED) is 0.131. The van der Waals surface area contributed by atoms with Gasteiger partial charge < -0.3 is 0 Å². The summed E-state index contributed by atoms with van der Waals surface area (Å²) in [7, 11) is 0. The number of hydrogen-bond donors (Lipinski definition) is 0. The summed E-state index contributed by atoms with van der Waals surface area (Å²) >= 11 is 39.2. The van der Waals surface area contributed by atoms with E-state index in [-0.39, 0.29) is 15.6 Å². The smallest absolute Gasteiger partial charge is 0.282 e. The van der Waals surface area contributed by atoms with Gasteiger partial charge in [-0.25, -0.2) is 5.01 Å². The normalized spacial score (nSPS) is 28.2. The van der Waals surface area contributed by atoms with Crippen LogP contribution in [0.25, 0.3) is 0 Å². The van der Waals surface area contributed by atoms with E-state index in [9.17, 15) is 29.3 Å². The standard InChI is InChI=1S/C25H15Cl6N3O6/c1-11-6-8-12(9-7-11)15(35)10-32(20(36)13-4-2-3-5-14(13)34(39)40)33-21(37)16-17(22(33)38)24(29)19(27)18(26)23(16,28)25(24,30)31/h2-9,16-17H,10H2,1H3/t16-,17+,23-,24-/m1/s1. The third-order valence-corrected chi connectivity index (χ3v) is 11.6. The number of rotatable bonds is 6. The fraction of sp³-hybridized carbons (Fsp3) is 0.280. The van der Waals surface area contributed by atoms with Crippen molar-refractivity contribution in [3.8, 4) is 0 Å². The number of fused-ring (bicyclic) bond motifs is 5.